The summed E-state index contributed by atoms with van der Waals surface area (Å²) in [6.07, 6.45) is -2.65. The van der Waals surface area contributed by atoms with E-state index in [0.717, 1.165) is 0 Å². The number of carbonyl (C=O) groups excluding carboxylic acids is 1. The molecule has 2 aromatic carbocycles. The van der Waals surface area contributed by atoms with Gasteiger partial charge in [0.25, 0.3) is 12.3 Å². The van der Waals surface area contributed by atoms with Crippen molar-refractivity contribution >= 4 is 17.5 Å². The molecule has 3 aromatic rings. The van der Waals surface area contributed by atoms with E-state index in [1.54, 1.807) is 19.1 Å². The zero-order valence-electron chi connectivity index (χ0n) is 20.6. The molecule has 7 nitrogen and oxygen atoms in total. The Morgan fingerprint density at radius 3 is 2.35 bits per heavy atom. The number of amides is 1. The fourth-order valence-electron chi connectivity index (χ4n) is 3.46. The Hall–Kier alpha value is -3.50. The van der Waals surface area contributed by atoms with Gasteiger partial charge in [-0.1, -0.05) is 11.6 Å². The lowest BCUT2D eigenvalue weighted by Gasteiger charge is -2.28. The lowest BCUT2D eigenvalue weighted by molar-refractivity contribution is -0.000305. The van der Waals surface area contributed by atoms with Gasteiger partial charge in [-0.05, 0) is 55.5 Å². The first-order valence-corrected chi connectivity index (χ1v) is 11.4. The number of ether oxygens (including phenoxy) is 4. The summed E-state index contributed by atoms with van der Waals surface area (Å²) in [6.45, 7) is 0.970. The summed E-state index contributed by atoms with van der Waals surface area (Å²) in [7, 11) is 4.30. The second-order valence-corrected chi connectivity index (χ2v) is 8.47. The van der Waals surface area contributed by atoms with Crippen molar-refractivity contribution in [3.05, 3.63) is 70.6 Å². The van der Waals surface area contributed by atoms with Crippen molar-refractivity contribution in [2.75, 3.05) is 34.5 Å². The maximum Gasteiger partial charge on any atom is 0.272 e. The average molecular weight is 539 g/mol. The topological polar surface area (TPSA) is 78.9 Å². The second-order valence-electron chi connectivity index (χ2n) is 8.06. The molecule has 0 saturated heterocycles. The molecule has 1 atom stereocenters. The van der Waals surface area contributed by atoms with Crippen molar-refractivity contribution in [1.82, 2.24) is 10.3 Å². The van der Waals surface area contributed by atoms with E-state index in [0.29, 0.717) is 22.7 Å². The van der Waals surface area contributed by atoms with Crippen LogP contribution < -0.4 is 19.5 Å². The van der Waals surface area contributed by atoms with E-state index < -0.39 is 30.4 Å². The number of methoxy groups -OCH3 is 3. The molecular formula is C26H26ClF3N2O5. The van der Waals surface area contributed by atoms with Crippen molar-refractivity contribution in [2.24, 2.45) is 0 Å². The molecule has 0 radical (unpaired) electrons. The first-order valence-electron chi connectivity index (χ1n) is 11.0. The summed E-state index contributed by atoms with van der Waals surface area (Å²) < 4.78 is 60.0. The number of alkyl halides is 2. The van der Waals surface area contributed by atoms with Gasteiger partial charge in [-0.2, -0.15) is 0 Å². The lowest BCUT2D eigenvalue weighted by atomic mass is 9.99. The molecule has 0 fully saturated rings. The number of carbonyl (C=O) groups is 1. The number of halogens is 4. The van der Waals surface area contributed by atoms with Gasteiger partial charge in [-0.3, -0.25) is 4.79 Å². The molecule has 0 aliphatic rings. The summed E-state index contributed by atoms with van der Waals surface area (Å²) in [4.78, 5) is 17.5. The predicted octanol–water partition coefficient (Wildman–Crippen LogP) is 5.49. The highest BCUT2D eigenvalue weighted by Crippen LogP contribution is 2.34. The number of rotatable bonds is 11. The molecule has 0 aliphatic carbocycles. The Morgan fingerprint density at radius 1 is 1.03 bits per heavy atom. The molecule has 0 saturated carbocycles. The summed E-state index contributed by atoms with van der Waals surface area (Å²) in [5.74, 6) is -0.342. The molecule has 198 valence electrons. The quantitative estimate of drug-likeness (QED) is 0.348. The second kappa shape index (κ2) is 12.2. The molecule has 0 spiro atoms. The SMILES string of the molecule is COc1cc(C(=O)NCC(C)(OC)c2ccc(OC)c(-c3ccc(F)c(Cl)c3)n2)ccc1OCC(F)F. The van der Waals surface area contributed by atoms with Crippen LogP contribution in [0.15, 0.2) is 48.5 Å². The first kappa shape index (κ1) is 28.1. The summed E-state index contributed by atoms with van der Waals surface area (Å²) >= 11 is 5.96. The molecule has 1 N–H and O–H groups in total. The van der Waals surface area contributed by atoms with Crippen LogP contribution in [-0.4, -0.2) is 51.8 Å². The lowest BCUT2D eigenvalue weighted by Crippen LogP contribution is -2.40. The van der Waals surface area contributed by atoms with Gasteiger partial charge in [-0.15, -0.1) is 0 Å². The monoisotopic (exact) mass is 538 g/mol. The molecule has 1 unspecified atom stereocenters. The predicted molar refractivity (Wildman–Crippen MR) is 132 cm³/mol. The minimum atomic E-state index is -2.65. The van der Waals surface area contributed by atoms with Crippen LogP contribution in [0.25, 0.3) is 11.3 Å². The number of benzene rings is 2. The van der Waals surface area contributed by atoms with Crippen LogP contribution in [0, 0.1) is 5.82 Å². The largest absolute Gasteiger partial charge is 0.494 e. The van der Waals surface area contributed by atoms with Gasteiger partial charge in [0, 0.05) is 18.2 Å². The van der Waals surface area contributed by atoms with Crippen LogP contribution in [-0.2, 0) is 10.3 Å². The van der Waals surface area contributed by atoms with Crippen molar-refractivity contribution < 1.29 is 36.9 Å². The normalized spacial score (nSPS) is 12.7. The zero-order valence-corrected chi connectivity index (χ0v) is 21.4. The number of nitrogens with zero attached hydrogens (tertiary/aromatic N) is 1. The van der Waals surface area contributed by atoms with Crippen LogP contribution in [0.4, 0.5) is 13.2 Å². The van der Waals surface area contributed by atoms with Gasteiger partial charge in [0.05, 0.1) is 31.5 Å². The molecule has 37 heavy (non-hydrogen) atoms. The van der Waals surface area contributed by atoms with Crippen molar-refractivity contribution in [3.63, 3.8) is 0 Å². The third kappa shape index (κ3) is 6.64. The fraction of sp³-hybridized carbons (Fsp3) is 0.308. The smallest absolute Gasteiger partial charge is 0.272 e. The maximum atomic E-state index is 13.7. The highest BCUT2D eigenvalue weighted by Gasteiger charge is 2.30. The van der Waals surface area contributed by atoms with E-state index in [2.05, 4.69) is 10.3 Å². The summed E-state index contributed by atoms with van der Waals surface area (Å²) in [6, 6.07) is 11.8. The highest BCUT2D eigenvalue weighted by molar-refractivity contribution is 6.31. The number of nitrogens with one attached hydrogen (secondary N) is 1. The van der Waals surface area contributed by atoms with E-state index in [9.17, 15) is 18.0 Å². The molecule has 3 rings (SSSR count). The van der Waals surface area contributed by atoms with Gasteiger partial charge in [0.15, 0.2) is 11.5 Å². The van der Waals surface area contributed by atoms with E-state index in [1.165, 1.54) is 57.7 Å². The molecule has 11 heteroatoms. The van der Waals surface area contributed by atoms with E-state index in [-0.39, 0.29) is 28.6 Å². The minimum absolute atomic E-state index is 0.0250. The number of hydrogen-bond acceptors (Lipinski definition) is 6. The first-order chi connectivity index (χ1) is 17.6. The van der Waals surface area contributed by atoms with E-state index in [1.807, 2.05) is 0 Å². The van der Waals surface area contributed by atoms with Gasteiger partial charge in [0.2, 0.25) is 0 Å². The van der Waals surface area contributed by atoms with Crippen molar-refractivity contribution in [3.8, 4) is 28.5 Å². The highest BCUT2D eigenvalue weighted by atomic mass is 35.5. The summed E-state index contributed by atoms with van der Waals surface area (Å²) in [5, 5.41) is 2.73. The minimum Gasteiger partial charge on any atom is -0.494 e. The average Bonchev–Trinajstić information content (AvgIpc) is 2.91. The third-order valence-electron chi connectivity index (χ3n) is 5.64. The van der Waals surface area contributed by atoms with Crippen LogP contribution in [0.5, 0.6) is 17.2 Å². The van der Waals surface area contributed by atoms with Crippen molar-refractivity contribution in [1.29, 1.82) is 0 Å². The van der Waals surface area contributed by atoms with Crippen LogP contribution in [0.3, 0.4) is 0 Å². The van der Waals surface area contributed by atoms with Gasteiger partial charge >= 0.3 is 0 Å². The molecule has 1 aromatic heterocycles. The van der Waals surface area contributed by atoms with Crippen LogP contribution in [0.1, 0.15) is 23.0 Å². The Kier molecular flexibility index (Phi) is 9.23. The maximum absolute atomic E-state index is 13.7. The standard InChI is InChI=1S/C26H26ClF3N2O5/c1-26(36-4,14-31-25(33)16-6-8-19(21(12-16)35-3)37-13-23(29)30)22-10-9-20(34-2)24(32-22)15-5-7-18(28)17(27)11-15/h5-12,23H,13-14H2,1-4H3,(H,31,33). The molecule has 1 heterocycles. The van der Waals surface area contributed by atoms with Gasteiger partial charge < -0.3 is 24.3 Å². The Bertz CT molecular complexity index is 1260. The number of pyridine rings is 1. The van der Waals surface area contributed by atoms with E-state index >= 15 is 0 Å². The van der Waals surface area contributed by atoms with E-state index in [4.69, 9.17) is 30.5 Å². The Morgan fingerprint density at radius 2 is 1.73 bits per heavy atom. The molecule has 0 aliphatic heterocycles. The van der Waals surface area contributed by atoms with Crippen molar-refractivity contribution in [2.45, 2.75) is 19.0 Å². The van der Waals surface area contributed by atoms with Gasteiger partial charge in [0.1, 0.15) is 29.5 Å². The molecule has 1 amide bonds. The Labute approximate surface area is 217 Å². The third-order valence-corrected chi connectivity index (χ3v) is 5.93. The van der Waals surface area contributed by atoms with Crippen LogP contribution >= 0.6 is 11.6 Å². The Balaban J connectivity index is 1.83. The van der Waals surface area contributed by atoms with Gasteiger partial charge in [-0.25, -0.2) is 18.2 Å². The zero-order chi connectivity index (χ0) is 27.2. The molecule has 0 bridgehead atoms. The fourth-order valence-corrected chi connectivity index (χ4v) is 3.64. The number of aromatic nitrogens is 1. The van der Waals surface area contributed by atoms with Crippen LogP contribution in [0.2, 0.25) is 5.02 Å². The summed E-state index contributed by atoms with van der Waals surface area (Å²) in [5.41, 5.74) is 0.587. The number of hydrogen-bond donors (Lipinski definition) is 1. The molecular weight excluding hydrogens is 513 g/mol.